The van der Waals surface area contributed by atoms with Crippen molar-refractivity contribution >= 4 is 29.1 Å². The van der Waals surface area contributed by atoms with Crippen LogP contribution in [0.25, 0.3) is 0 Å². The van der Waals surface area contributed by atoms with Crippen LogP contribution in [0, 0.1) is 6.92 Å². The zero-order valence-electron chi connectivity index (χ0n) is 14.3. The Hall–Kier alpha value is -1.62. The van der Waals surface area contributed by atoms with Gasteiger partial charge in [-0.15, -0.1) is 0 Å². The average molecular weight is 378 g/mol. The SMILES string of the molecule is CC(=O)N[C@@H]1CN(Cc2c(Cl)cncc2Cl)C[C@H]1c1ccc(C)cc1. The predicted octanol–water partition coefficient (Wildman–Crippen LogP) is 3.80. The molecule has 3 rings (SSSR count). The van der Waals surface area contributed by atoms with Crippen LogP contribution in [-0.2, 0) is 11.3 Å². The summed E-state index contributed by atoms with van der Waals surface area (Å²) in [7, 11) is 0. The van der Waals surface area contributed by atoms with Crippen LogP contribution in [0.3, 0.4) is 0 Å². The van der Waals surface area contributed by atoms with E-state index < -0.39 is 0 Å². The van der Waals surface area contributed by atoms with E-state index in [-0.39, 0.29) is 17.9 Å². The Morgan fingerprint density at radius 1 is 1.20 bits per heavy atom. The van der Waals surface area contributed by atoms with Crippen LogP contribution < -0.4 is 5.32 Å². The van der Waals surface area contributed by atoms with Crippen LogP contribution in [0.15, 0.2) is 36.7 Å². The summed E-state index contributed by atoms with van der Waals surface area (Å²) in [5.74, 6) is 0.229. The van der Waals surface area contributed by atoms with Crippen molar-refractivity contribution in [3.05, 3.63) is 63.4 Å². The molecule has 132 valence electrons. The summed E-state index contributed by atoms with van der Waals surface area (Å²) < 4.78 is 0. The van der Waals surface area contributed by atoms with Gasteiger partial charge in [-0.05, 0) is 12.5 Å². The Balaban J connectivity index is 1.81. The van der Waals surface area contributed by atoms with Crippen molar-refractivity contribution in [2.24, 2.45) is 0 Å². The number of aryl methyl sites for hydroxylation is 1. The minimum absolute atomic E-state index is 0.0102. The molecule has 1 fully saturated rings. The first-order valence-electron chi connectivity index (χ1n) is 8.28. The van der Waals surface area contributed by atoms with Crippen LogP contribution in [0.1, 0.15) is 29.5 Å². The van der Waals surface area contributed by atoms with Gasteiger partial charge in [0.25, 0.3) is 0 Å². The summed E-state index contributed by atoms with van der Waals surface area (Å²) in [6.45, 7) is 5.86. The molecule has 2 heterocycles. The third-order valence-corrected chi connectivity index (χ3v) is 5.28. The number of aromatic nitrogens is 1. The topological polar surface area (TPSA) is 45.2 Å². The van der Waals surface area contributed by atoms with E-state index in [0.29, 0.717) is 16.6 Å². The molecule has 0 saturated carbocycles. The quantitative estimate of drug-likeness (QED) is 0.880. The van der Waals surface area contributed by atoms with Crippen molar-refractivity contribution in [1.29, 1.82) is 0 Å². The number of amides is 1. The molecule has 0 unspecified atom stereocenters. The first kappa shape index (κ1) is 18.2. The molecule has 25 heavy (non-hydrogen) atoms. The van der Waals surface area contributed by atoms with E-state index in [1.807, 2.05) is 0 Å². The van der Waals surface area contributed by atoms with E-state index in [0.717, 1.165) is 18.7 Å². The molecule has 1 amide bonds. The molecule has 1 aromatic carbocycles. The second kappa shape index (κ2) is 7.73. The van der Waals surface area contributed by atoms with Gasteiger partial charge in [0, 0.05) is 56.5 Å². The van der Waals surface area contributed by atoms with Gasteiger partial charge in [-0.3, -0.25) is 14.7 Å². The fourth-order valence-electron chi connectivity index (χ4n) is 3.39. The van der Waals surface area contributed by atoms with Gasteiger partial charge < -0.3 is 5.32 Å². The summed E-state index contributed by atoms with van der Waals surface area (Å²) in [4.78, 5) is 17.9. The maximum atomic E-state index is 11.6. The molecule has 1 aliphatic heterocycles. The Labute approximate surface area is 158 Å². The molecule has 1 saturated heterocycles. The van der Waals surface area contributed by atoms with Gasteiger partial charge >= 0.3 is 0 Å². The van der Waals surface area contributed by atoms with Crippen LogP contribution in [0.4, 0.5) is 0 Å². The van der Waals surface area contributed by atoms with Crippen molar-refractivity contribution in [3.8, 4) is 0 Å². The normalized spacial score (nSPS) is 20.6. The zero-order valence-corrected chi connectivity index (χ0v) is 15.8. The predicted molar refractivity (Wildman–Crippen MR) is 101 cm³/mol. The Bertz CT molecular complexity index is 744. The molecule has 1 aromatic heterocycles. The Morgan fingerprint density at radius 2 is 1.84 bits per heavy atom. The number of carbonyl (C=O) groups is 1. The minimum atomic E-state index is -0.0102. The molecule has 2 aromatic rings. The molecule has 6 heteroatoms. The van der Waals surface area contributed by atoms with E-state index in [4.69, 9.17) is 23.2 Å². The molecule has 0 spiro atoms. The number of hydrogen-bond acceptors (Lipinski definition) is 3. The molecular formula is C19H21Cl2N3O. The van der Waals surface area contributed by atoms with E-state index in [1.54, 1.807) is 19.3 Å². The molecule has 0 radical (unpaired) electrons. The van der Waals surface area contributed by atoms with E-state index in [2.05, 4.69) is 46.4 Å². The van der Waals surface area contributed by atoms with E-state index in [1.165, 1.54) is 11.1 Å². The molecule has 1 N–H and O–H groups in total. The fraction of sp³-hybridized carbons (Fsp3) is 0.368. The largest absolute Gasteiger partial charge is 0.352 e. The lowest BCUT2D eigenvalue weighted by Gasteiger charge is -2.19. The van der Waals surface area contributed by atoms with Crippen LogP contribution in [0.2, 0.25) is 10.0 Å². The number of benzene rings is 1. The molecule has 1 aliphatic rings. The second-order valence-electron chi connectivity index (χ2n) is 6.60. The molecule has 0 bridgehead atoms. The van der Waals surface area contributed by atoms with Gasteiger partial charge in [-0.25, -0.2) is 0 Å². The van der Waals surface area contributed by atoms with Gasteiger partial charge in [-0.1, -0.05) is 53.0 Å². The fourth-order valence-corrected chi connectivity index (χ4v) is 3.87. The van der Waals surface area contributed by atoms with Gasteiger partial charge in [0.05, 0.1) is 10.0 Å². The number of hydrogen-bond donors (Lipinski definition) is 1. The number of nitrogens with one attached hydrogen (secondary N) is 1. The van der Waals surface area contributed by atoms with Gasteiger partial charge in [0.2, 0.25) is 5.91 Å². The highest BCUT2D eigenvalue weighted by molar-refractivity contribution is 6.35. The average Bonchev–Trinajstić information content (AvgIpc) is 2.93. The zero-order chi connectivity index (χ0) is 18.0. The second-order valence-corrected chi connectivity index (χ2v) is 7.41. The lowest BCUT2D eigenvalue weighted by atomic mass is 9.93. The van der Waals surface area contributed by atoms with E-state index >= 15 is 0 Å². The summed E-state index contributed by atoms with van der Waals surface area (Å²) >= 11 is 12.5. The lowest BCUT2D eigenvalue weighted by molar-refractivity contribution is -0.119. The van der Waals surface area contributed by atoms with Crippen LogP contribution in [-0.4, -0.2) is 34.9 Å². The third kappa shape index (κ3) is 4.32. The van der Waals surface area contributed by atoms with Crippen LogP contribution in [0.5, 0.6) is 0 Å². The Kier molecular flexibility index (Phi) is 5.62. The van der Waals surface area contributed by atoms with Crippen molar-refractivity contribution in [2.75, 3.05) is 13.1 Å². The van der Waals surface area contributed by atoms with Crippen molar-refractivity contribution in [2.45, 2.75) is 32.4 Å². The molecule has 2 atom stereocenters. The lowest BCUT2D eigenvalue weighted by Crippen LogP contribution is -2.38. The summed E-state index contributed by atoms with van der Waals surface area (Å²) in [6.07, 6.45) is 3.23. The first-order chi connectivity index (χ1) is 11.9. The summed E-state index contributed by atoms with van der Waals surface area (Å²) in [5, 5.41) is 4.23. The maximum Gasteiger partial charge on any atom is 0.217 e. The molecule has 4 nitrogen and oxygen atoms in total. The number of pyridine rings is 1. The highest BCUT2D eigenvalue weighted by atomic mass is 35.5. The highest BCUT2D eigenvalue weighted by Crippen LogP contribution is 2.31. The maximum absolute atomic E-state index is 11.6. The Morgan fingerprint density at radius 3 is 2.44 bits per heavy atom. The number of halogens is 2. The van der Waals surface area contributed by atoms with Crippen molar-refractivity contribution in [3.63, 3.8) is 0 Å². The van der Waals surface area contributed by atoms with E-state index in [9.17, 15) is 4.79 Å². The number of rotatable bonds is 4. The standard InChI is InChI=1S/C19H21Cl2N3O/c1-12-3-5-14(6-4-12)15-9-24(11-19(15)23-13(2)25)10-16-17(20)7-22-8-18(16)21/h3-8,15,19H,9-11H2,1-2H3,(H,23,25)/t15-,19+/m0/s1. The first-order valence-corrected chi connectivity index (χ1v) is 9.03. The number of likely N-dealkylation sites (tertiary alicyclic amines) is 1. The van der Waals surface area contributed by atoms with Crippen molar-refractivity contribution < 1.29 is 4.79 Å². The third-order valence-electron chi connectivity index (χ3n) is 4.62. The van der Waals surface area contributed by atoms with Gasteiger partial charge in [0.15, 0.2) is 0 Å². The van der Waals surface area contributed by atoms with Crippen molar-refractivity contribution in [1.82, 2.24) is 15.2 Å². The highest BCUT2D eigenvalue weighted by Gasteiger charge is 2.34. The van der Waals surface area contributed by atoms with Gasteiger partial charge in [-0.2, -0.15) is 0 Å². The minimum Gasteiger partial charge on any atom is -0.352 e. The number of carbonyl (C=O) groups excluding carboxylic acids is 1. The monoisotopic (exact) mass is 377 g/mol. The molecular weight excluding hydrogens is 357 g/mol. The summed E-state index contributed by atoms with van der Waals surface area (Å²) in [5.41, 5.74) is 3.34. The smallest absolute Gasteiger partial charge is 0.217 e. The number of nitrogens with zero attached hydrogens (tertiary/aromatic N) is 2. The summed E-state index contributed by atoms with van der Waals surface area (Å²) in [6, 6.07) is 8.58. The molecule has 0 aliphatic carbocycles. The van der Waals surface area contributed by atoms with Gasteiger partial charge in [0.1, 0.15) is 0 Å². The van der Waals surface area contributed by atoms with Crippen LogP contribution >= 0.6 is 23.2 Å².